The lowest BCUT2D eigenvalue weighted by molar-refractivity contribution is 0.0949. The Morgan fingerprint density at radius 1 is 1.41 bits per heavy atom. The second-order valence-corrected chi connectivity index (χ2v) is 3.59. The molecular formula is C13H11N3O. The van der Waals surface area contributed by atoms with Crippen molar-refractivity contribution in [3.63, 3.8) is 0 Å². The van der Waals surface area contributed by atoms with Gasteiger partial charge in [-0.1, -0.05) is 12.0 Å². The average molecular weight is 225 g/mol. The molecule has 1 amide bonds. The van der Waals surface area contributed by atoms with Crippen LogP contribution < -0.4 is 5.32 Å². The molecule has 1 atom stereocenters. The van der Waals surface area contributed by atoms with E-state index in [2.05, 4.69) is 21.2 Å². The van der Waals surface area contributed by atoms with Gasteiger partial charge in [-0.05, 0) is 19.1 Å². The first-order valence-electron chi connectivity index (χ1n) is 5.19. The van der Waals surface area contributed by atoms with Crippen LogP contribution in [0.1, 0.15) is 17.3 Å². The lowest BCUT2D eigenvalue weighted by Gasteiger charge is -2.08. The predicted molar refractivity (Wildman–Crippen MR) is 65.3 cm³/mol. The first-order chi connectivity index (χ1) is 8.22. The summed E-state index contributed by atoms with van der Waals surface area (Å²) < 4.78 is 0. The highest BCUT2D eigenvalue weighted by Gasteiger charge is 2.12. The summed E-state index contributed by atoms with van der Waals surface area (Å²) in [6, 6.07) is 4.97. The summed E-state index contributed by atoms with van der Waals surface area (Å²) in [5.41, 5.74) is 1.75. The van der Waals surface area contributed by atoms with Gasteiger partial charge in [-0.3, -0.25) is 14.8 Å². The van der Waals surface area contributed by atoms with E-state index < -0.39 is 0 Å². The first-order valence-corrected chi connectivity index (χ1v) is 5.19. The Hall–Kier alpha value is -2.41. The maximum atomic E-state index is 12.0. The van der Waals surface area contributed by atoms with Crippen LogP contribution in [0.2, 0.25) is 0 Å². The molecule has 2 rings (SSSR count). The zero-order chi connectivity index (χ0) is 12.3. The SMILES string of the molecule is C#CC(C)NC(=O)c1cccc2nccnc12. The topological polar surface area (TPSA) is 54.9 Å². The minimum absolute atomic E-state index is 0.235. The minimum Gasteiger partial charge on any atom is -0.339 e. The summed E-state index contributed by atoms with van der Waals surface area (Å²) in [4.78, 5) is 20.3. The highest BCUT2D eigenvalue weighted by molar-refractivity contribution is 6.04. The number of benzene rings is 1. The molecule has 1 N–H and O–H groups in total. The largest absolute Gasteiger partial charge is 0.339 e. The Balaban J connectivity index is 2.42. The summed E-state index contributed by atoms with van der Waals surface area (Å²) in [6.07, 6.45) is 8.37. The van der Waals surface area contributed by atoms with Gasteiger partial charge in [0.25, 0.3) is 5.91 Å². The van der Waals surface area contributed by atoms with Crippen molar-refractivity contribution in [3.8, 4) is 12.3 Å². The standard InChI is InChI=1S/C13H11N3O/c1-3-9(2)16-13(17)10-5-4-6-11-12(10)15-8-7-14-11/h1,4-9H,2H3,(H,16,17). The van der Waals surface area contributed by atoms with E-state index in [9.17, 15) is 4.79 Å². The van der Waals surface area contributed by atoms with Gasteiger partial charge in [-0.15, -0.1) is 6.42 Å². The second kappa shape index (κ2) is 4.62. The van der Waals surface area contributed by atoms with Crippen LogP contribution in [0.4, 0.5) is 0 Å². The Morgan fingerprint density at radius 2 is 2.18 bits per heavy atom. The fourth-order valence-corrected chi connectivity index (χ4v) is 1.49. The number of hydrogen-bond donors (Lipinski definition) is 1. The minimum atomic E-state index is -0.311. The third-order valence-corrected chi connectivity index (χ3v) is 2.34. The lowest BCUT2D eigenvalue weighted by atomic mass is 10.1. The molecule has 0 aliphatic heterocycles. The molecule has 0 aliphatic rings. The number of para-hydroxylation sites is 1. The molecule has 2 aromatic rings. The maximum Gasteiger partial charge on any atom is 0.254 e. The number of terminal acetylenes is 1. The van der Waals surface area contributed by atoms with Crippen molar-refractivity contribution in [3.05, 3.63) is 36.2 Å². The number of carbonyl (C=O) groups excluding carboxylic acids is 1. The van der Waals surface area contributed by atoms with Crippen LogP contribution in [0.15, 0.2) is 30.6 Å². The molecule has 4 nitrogen and oxygen atoms in total. The van der Waals surface area contributed by atoms with E-state index in [0.29, 0.717) is 16.6 Å². The molecule has 0 bridgehead atoms. The monoisotopic (exact) mass is 225 g/mol. The van der Waals surface area contributed by atoms with Gasteiger partial charge >= 0.3 is 0 Å². The average Bonchev–Trinajstić information content (AvgIpc) is 2.37. The fourth-order valence-electron chi connectivity index (χ4n) is 1.49. The number of nitrogens with one attached hydrogen (secondary N) is 1. The quantitative estimate of drug-likeness (QED) is 0.785. The van der Waals surface area contributed by atoms with Crippen LogP contribution in [0, 0.1) is 12.3 Å². The van der Waals surface area contributed by atoms with Gasteiger partial charge < -0.3 is 5.32 Å². The summed E-state index contributed by atoms with van der Waals surface area (Å²) in [6.45, 7) is 1.74. The van der Waals surface area contributed by atoms with E-state index in [1.807, 2.05) is 6.07 Å². The zero-order valence-electron chi connectivity index (χ0n) is 9.34. The Kier molecular flexibility index (Phi) is 3.01. The van der Waals surface area contributed by atoms with E-state index in [4.69, 9.17) is 6.42 Å². The number of hydrogen-bond acceptors (Lipinski definition) is 3. The molecule has 0 aliphatic carbocycles. The third-order valence-electron chi connectivity index (χ3n) is 2.34. The number of amides is 1. The number of nitrogens with zero attached hydrogens (tertiary/aromatic N) is 2. The van der Waals surface area contributed by atoms with Gasteiger partial charge in [0.2, 0.25) is 0 Å². The summed E-state index contributed by atoms with van der Waals surface area (Å²) in [5.74, 6) is 2.21. The van der Waals surface area contributed by atoms with Gasteiger partial charge in [-0.25, -0.2) is 0 Å². The van der Waals surface area contributed by atoms with Crippen molar-refractivity contribution in [1.29, 1.82) is 0 Å². The van der Waals surface area contributed by atoms with E-state index in [-0.39, 0.29) is 11.9 Å². The second-order valence-electron chi connectivity index (χ2n) is 3.59. The van der Waals surface area contributed by atoms with Gasteiger partial charge in [0.1, 0.15) is 5.52 Å². The first kappa shape index (κ1) is 11.1. The van der Waals surface area contributed by atoms with Crippen molar-refractivity contribution >= 4 is 16.9 Å². The van der Waals surface area contributed by atoms with Crippen molar-refractivity contribution in [2.24, 2.45) is 0 Å². The van der Waals surface area contributed by atoms with E-state index in [0.717, 1.165) is 0 Å². The van der Waals surface area contributed by atoms with E-state index in [1.54, 1.807) is 31.5 Å². The molecule has 0 fully saturated rings. The van der Waals surface area contributed by atoms with Crippen LogP contribution in [0.3, 0.4) is 0 Å². The Labute approximate surface area is 99.1 Å². The molecule has 0 spiro atoms. The smallest absolute Gasteiger partial charge is 0.254 e. The number of carbonyl (C=O) groups is 1. The molecule has 0 saturated heterocycles. The highest BCUT2D eigenvalue weighted by Crippen LogP contribution is 2.13. The van der Waals surface area contributed by atoms with Gasteiger partial charge in [0, 0.05) is 12.4 Å². The van der Waals surface area contributed by atoms with Crippen LogP contribution in [-0.4, -0.2) is 21.9 Å². The molecule has 1 aromatic carbocycles. The molecule has 1 heterocycles. The molecule has 84 valence electrons. The summed E-state index contributed by atoms with van der Waals surface area (Å²) >= 11 is 0. The lowest BCUT2D eigenvalue weighted by Crippen LogP contribution is -2.31. The van der Waals surface area contributed by atoms with Crippen molar-refractivity contribution < 1.29 is 4.79 Å². The maximum absolute atomic E-state index is 12.0. The molecule has 0 radical (unpaired) electrons. The molecule has 17 heavy (non-hydrogen) atoms. The van der Waals surface area contributed by atoms with E-state index >= 15 is 0 Å². The predicted octanol–water partition coefficient (Wildman–Crippen LogP) is 1.38. The van der Waals surface area contributed by atoms with E-state index in [1.165, 1.54) is 0 Å². The van der Waals surface area contributed by atoms with Crippen molar-refractivity contribution in [2.75, 3.05) is 0 Å². The van der Waals surface area contributed by atoms with Crippen LogP contribution in [0.5, 0.6) is 0 Å². The normalized spacial score (nSPS) is 11.8. The van der Waals surface area contributed by atoms with Gasteiger partial charge in [0.05, 0.1) is 17.1 Å². The number of rotatable bonds is 2. The number of aromatic nitrogens is 2. The van der Waals surface area contributed by atoms with Crippen LogP contribution >= 0.6 is 0 Å². The summed E-state index contributed by atoms with van der Waals surface area (Å²) in [7, 11) is 0. The van der Waals surface area contributed by atoms with Crippen LogP contribution in [-0.2, 0) is 0 Å². The third kappa shape index (κ3) is 2.23. The highest BCUT2D eigenvalue weighted by atomic mass is 16.1. The van der Waals surface area contributed by atoms with Crippen molar-refractivity contribution in [1.82, 2.24) is 15.3 Å². The Morgan fingerprint density at radius 3 is 2.94 bits per heavy atom. The Bertz CT molecular complexity index is 596. The summed E-state index contributed by atoms with van der Waals surface area (Å²) in [5, 5.41) is 2.70. The zero-order valence-corrected chi connectivity index (χ0v) is 9.34. The molecule has 0 saturated carbocycles. The molecule has 1 unspecified atom stereocenters. The van der Waals surface area contributed by atoms with Crippen LogP contribution in [0.25, 0.3) is 11.0 Å². The molecule has 1 aromatic heterocycles. The van der Waals surface area contributed by atoms with Gasteiger partial charge in [-0.2, -0.15) is 0 Å². The molecule has 4 heteroatoms. The fraction of sp³-hybridized carbons (Fsp3) is 0.154. The van der Waals surface area contributed by atoms with Gasteiger partial charge in [0.15, 0.2) is 0 Å². The molecular weight excluding hydrogens is 214 g/mol. The number of fused-ring (bicyclic) bond motifs is 1. The van der Waals surface area contributed by atoms with Crippen molar-refractivity contribution in [2.45, 2.75) is 13.0 Å².